The molecule has 2 aromatic carbocycles. The van der Waals surface area contributed by atoms with Crippen LogP contribution in [-0.2, 0) is 27.3 Å². The summed E-state index contributed by atoms with van der Waals surface area (Å²) in [6, 6.07) is 9.63. The number of benzene rings is 2. The van der Waals surface area contributed by atoms with Gasteiger partial charge in [-0.15, -0.1) is 0 Å². The maximum Gasteiger partial charge on any atom is 0.408 e. The highest BCUT2D eigenvalue weighted by atomic mass is 35.5. The zero-order valence-corrected chi connectivity index (χ0v) is 22.6. The zero-order valence-electron chi connectivity index (χ0n) is 21.9. The van der Waals surface area contributed by atoms with Crippen LogP contribution in [0.25, 0.3) is 10.9 Å². The van der Waals surface area contributed by atoms with E-state index in [2.05, 4.69) is 15.6 Å². The standard InChI is InChI=1S/C28H31ClF2N4O4/c1-28(2,3)39-27(38)34-22(11-17-14-32-21-10-5-4-8-19(17)21)26(37)35-15-18(30)12-23(35)25(36)33-13-16-7-6-9-20(29)24(16)31/h4-10,14,18,22-23,32H,11-13,15H2,1-3H3,(H,33,36)(H,34,38)/t18-,22+,23+/m1/s1. The molecule has 208 valence electrons. The summed E-state index contributed by atoms with van der Waals surface area (Å²) in [4.78, 5) is 43.8. The van der Waals surface area contributed by atoms with Crippen molar-refractivity contribution in [1.82, 2.24) is 20.5 Å². The van der Waals surface area contributed by atoms with E-state index in [0.717, 1.165) is 21.4 Å². The van der Waals surface area contributed by atoms with Crippen molar-refractivity contribution in [2.45, 2.75) is 64.0 Å². The maximum absolute atomic E-state index is 14.6. The van der Waals surface area contributed by atoms with Gasteiger partial charge in [-0.05, 0) is 38.5 Å². The molecule has 1 aliphatic rings. The van der Waals surface area contributed by atoms with E-state index >= 15 is 0 Å². The molecule has 1 aliphatic heterocycles. The molecule has 0 spiro atoms. The fourth-order valence-electron chi connectivity index (χ4n) is 4.63. The van der Waals surface area contributed by atoms with Crippen molar-refractivity contribution in [2.75, 3.05) is 6.54 Å². The summed E-state index contributed by atoms with van der Waals surface area (Å²) in [5.74, 6) is -1.92. The Morgan fingerprint density at radius 2 is 1.90 bits per heavy atom. The molecule has 3 atom stereocenters. The number of hydrogen-bond donors (Lipinski definition) is 3. The van der Waals surface area contributed by atoms with Crippen molar-refractivity contribution in [2.24, 2.45) is 0 Å². The Morgan fingerprint density at radius 1 is 1.15 bits per heavy atom. The molecular weight excluding hydrogens is 530 g/mol. The van der Waals surface area contributed by atoms with Gasteiger partial charge in [0.2, 0.25) is 11.8 Å². The second-order valence-corrected chi connectivity index (χ2v) is 10.9. The third-order valence-corrected chi connectivity index (χ3v) is 6.70. The molecule has 39 heavy (non-hydrogen) atoms. The van der Waals surface area contributed by atoms with E-state index in [1.165, 1.54) is 12.1 Å². The SMILES string of the molecule is CC(C)(C)OC(=O)N[C@@H](Cc1c[nH]c2ccccc12)C(=O)N1C[C@H](F)C[C@H]1C(=O)NCc1cccc(Cl)c1F. The molecule has 8 nitrogen and oxygen atoms in total. The molecular formula is C28H31ClF2N4O4. The number of H-pyrrole nitrogens is 1. The number of nitrogens with zero attached hydrogens (tertiary/aromatic N) is 1. The van der Waals surface area contributed by atoms with Gasteiger partial charge in [0, 0.05) is 42.0 Å². The van der Waals surface area contributed by atoms with Crippen molar-refractivity contribution in [3.05, 3.63) is 70.6 Å². The summed E-state index contributed by atoms with van der Waals surface area (Å²) < 4.78 is 34.2. The topological polar surface area (TPSA) is 104 Å². The van der Waals surface area contributed by atoms with Gasteiger partial charge in [0.1, 0.15) is 29.7 Å². The number of para-hydroxylation sites is 1. The molecule has 4 rings (SSSR count). The van der Waals surface area contributed by atoms with E-state index in [0.29, 0.717) is 0 Å². The molecule has 3 aromatic rings. The molecule has 2 heterocycles. The van der Waals surface area contributed by atoms with Crippen LogP contribution < -0.4 is 10.6 Å². The molecule has 1 aromatic heterocycles. The van der Waals surface area contributed by atoms with Crippen molar-refractivity contribution in [3.63, 3.8) is 0 Å². The van der Waals surface area contributed by atoms with Crippen LogP contribution in [0.5, 0.6) is 0 Å². The minimum Gasteiger partial charge on any atom is -0.444 e. The smallest absolute Gasteiger partial charge is 0.408 e. The van der Waals surface area contributed by atoms with E-state index in [-0.39, 0.29) is 36.5 Å². The minimum absolute atomic E-state index is 0.0810. The summed E-state index contributed by atoms with van der Waals surface area (Å²) in [6.45, 7) is 4.58. The fraction of sp³-hybridized carbons (Fsp3) is 0.393. The second kappa shape index (κ2) is 11.6. The molecule has 0 aliphatic carbocycles. The summed E-state index contributed by atoms with van der Waals surface area (Å²) in [6.07, 6.45) is -0.649. The minimum atomic E-state index is -1.44. The average Bonchev–Trinajstić information content (AvgIpc) is 3.46. The lowest BCUT2D eigenvalue weighted by atomic mass is 10.0. The third-order valence-electron chi connectivity index (χ3n) is 6.41. The molecule has 0 bridgehead atoms. The first-order valence-corrected chi connectivity index (χ1v) is 13.0. The number of alkyl carbamates (subject to hydrolysis) is 1. The van der Waals surface area contributed by atoms with Crippen LogP contribution in [0.1, 0.15) is 38.3 Å². The van der Waals surface area contributed by atoms with Crippen LogP contribution in [0.3, 0.4) is 0 Å². The second-order valence-electron chi connectivity index (χ2n) is 10.5. The number of alkyl halides is 1. The van der Waals surface area contributed by atoms with Crippen molar-refractivity contribution in [3.8, 4) is 0 Å². The number of fused-ring (bicyclic) bond motifs is 1. The Bertz CT molecular complexity index is 1370. The van der Waals surface area contributed by atoms with Gasteiger partial charge in [-0.3, -0.25) is 9.59 Å². The number of likely N-dealkylation sites (tertiary alicyclic amines) is 1. The molecule has 3 N–H and O–H groups in total. The first kappa shape index (κ1) is 28.4. The summed E-state index contributed by atoms with van der Waals surface area (Å²) in [5.41, 5.74) is 0.959. The lowest BCUT2D eigenvalue weighted by Crippen LogP contribution is -2.54. The number of amides is 3. The maximum atomic E-state index is 14.6. The van der Waals surface area contributed by atoms with Gasteiger partial charge in [0.05, 0.1) is 11.6 Å². The Morgan fingerprint density at radius 3 is 2.64 bits per heavy atom. The number of rotatable bonds is 7. The van der Waals surface area contributed by atoms with Gasteiger partial charge in [-0.25, -0.2) is 13.6 Å². The Hall–Kier alpha value is -3.66. The summed E-state index contributed by atoms with van der Waals surface area (Å²) >= 11 is 5.81. The van der Waals surface area contributed by atoms with Crippen LogP contribution in [0.15, 0.2) is 48.7 Å². The molecule has 11 heteroatoms. The number of ether oxygens (including phenoxy) is 1. The Kier molecular flexibility index (Phi) is 8.44. The van der Waals surface area contributed by atoms with Gasteiger partial charge in [0.15, 0.2) is 0 Å². The number of halogens is 3. The number of aromatic amines is 1. The Balaban J connectivity index is 1.55. The zero-order chi connectivity index (χ0) is 28.3. The third kappa shape index (κ3) is 6.86. The molecule has 0 saturated carbocycles. The molecule has 3 amide bonds. The normalized spacial score (nSPS) is 18.2. The molecule has 0 radical (unpaired) electrons. The highest BCUT2D eigenvalue weighted by Gasteiger charge is 2.42. The molecule has 1 fully saturated rings. The van der Waals surface area contributed by atoms with Crippen LogP contribution in [0.4, 0.5) is 13.6 Å². The van der Waals surface area contributed by atoms with Crippen molar-refractivity contribution >= 4 is 40.4 Å². The van der Waals surface area contributed by atoms with Gasteiger partial charge in [-0.1, -0.05) is 41.9 Å². The number of nitrogens with one attached hydrogen (secondary N) is 3. The van der Waals surface area contributed by atoms with Crippen LogP contribution >= 0.6 is 11.6 Å². The summed E-state index contributed by atoms with van der Waals surface area (Å²) in [7, 11) is 0. The molecule has 0 unspecified atom stereocenters. The predicted molar refractivity (Wildman–Crippen MR) is 143 cm³/mol. The number of aromatic nitrogens is 1. The fourth-order valence-corrected chi connectivity index (χ4v) is 4.83. The van der Waals surface area contributed by atoms with Gasteiger partial charge in [0.25, 0.3) is 0 Å². The number of hydrogen-bond acceptors (Lipinski definition) is 4. The van der Waals surface area contributed by atoms with Gasteiger partial charge in [-0.2, -0.15) is 0 Å². The van der Waals surface area contributed by atoms with Gasteiger partial charge >= 0.3 is 6.09 Å². The number of carbonyl (C=O) groups is 3. The van der Waals surface area contributed by atoms with Crippen LogP contribution in [-0.4, -0.2) is 58.2 Å². The Labute approximate surface area is 230 Å². The lowest BCUT2D eigenvalue weighted by Gasteiger charge is -2.29. The lowest BCUT2D eigenvalue weighted by molar-refractivity contribution is -0.140. The monoisotopic (exact) mass is 560 g/mol. The van der Waals surface area contributed by atoms with E-state index in [1.54, 1.807) is 33.0 Å². The number of carbonyl (C=O) groups excluding carboxylic acids is 3. The van der Waals surface area contributed by atoms with Crippen LogP contribution in [0.2, 0.25) is 5.02 Å². The predicted octanol–water partition coefficient (Wildman–Crippen LogP) is 4.65. The van der Waals surface area contributed by atoms with E-state index in [4.69, 9.17) is 16.3 Å². The van der Waals surface area contributed by atoms with E-state index < -0.39 is 47.6 Å². The quantitative estimate of drug-likeness (QED) is 0.391. The summed E-state index contributed by atoms with van der Waals surface area (Å²) in [5, 5.41) is 5.97. The first-order chi connectivity index (χ1) is 18.4. The van der Waals surface area contributed by atoms with E-state index in [9.17, 15) is 23.2 Å². The first-order valence-electron chi connectivity index (χ1n) is 12.6. The molecule has 1 saturated heterocycles. The highest BCUT2D eigenvalue weighted by Crippen LogP contribution is 2.25. The van der Waals surface area contributed by atoms with Crippen molar-refractivity contribution < 1.29 is 27.9 Å². The average molecular weight is 561 g/mol. The van der Waals surface area contributed by atoms with Crippen LogP contribution in [0, 0.1) is 5.82 Å². The largest absolute Gasteiger partial charge is 0.444 e. The van der Waals surface area contributed by atoms with E-state index in [1.807, 2.05) is 24.3 Å². The van der Waals surface area contributed by atoms with Gasteiger partial charge < -0.3 is 25.3 Å². The highest BCUT2D eigenvalue weighted by molar-refractivity contribution is 6.30. The van der Waals surface area contributed by atoms with Crippen molar-refractivity contribution in [1.29, 1.82) is 0 Å².